The van der Waals surface area contributed by atoms with Gasteiger partial charge in [0.2, 0.25) is 5.91 Å². The van der Waals surface area contributed by atoms with E-state index in [1.54, 1.807) is 0 Å². The minimum Gasteiger partial charge on any atom is -0.387 e. The van der Waals surface area contributed by atoms with E-state index in [1.807, 2.05) is 31.2 Å². The molecule has 0 aliphatic rings. The Morgan fingerprint density at radius 1 is 1.30 bits per heavy atom. The summed E-state index contributed by atoms with van der Waals surface area (Å²) in [4.78, 5) is 11.4. The highest BCUT2D eigenvalue weighted by molar-refractivity contribution is 5.77. The van der Waals surface area contributed by atoms with Crippen LogP contribution in [0.25, 0.3) is 0 Å². The Balaban J connectivity index is 2.51. The summed E-state index contributed by atoms with van der Waals surface area (Å²) in [6.45, 7) is 9.00. The van der Waals surface area contributed by atoms with Gasteiger partial charge in [0.15, 0.2) is 0 Å². The zero-order valence-corrected chi connectivity index (χ0v) is 12.8. The highest BCUT2D eigenvalue weighted by atomic mass is 16.5. The number of rotatable bonds is 6. The molecule has 0 aromatic heterocycles. The average Bonchev–Trinajstić information content (AvgIpc) is 2.41. The van der Waals surface area contributed by atoms with E-state index in [0.29, 0.717) is 6.61 Å². The lowest BCUT2D eigenvalue weighted by Gasteiger charge is -2.20. The number of ether oxygens (including phenoxy) is 1. The monoisotopic (exact) mass is 279 g/mol. The summed E-state index contributed by atoms with van der Waals surface area (Å²) in [5.41, 5.74) is 2.11. The average molecular weight is 279 g/mol. The van der Waals surface area contributed by atoms with Gasteiger partial charge in [-0.15, -0.1) is 0 Å². The predicted octanol–water partition coefficient (Wildman–Crippen LogP) is 2.17. The topological polar surface area (TPSA) is 58.6 Å². The van der Waals surface area contributed by atoms with Crippen molar-refractivity contribution in [1.82, 2.24) is 5.32 Å². The molecule has 0 heterocycles. The molecule has 1 rings (SSSR count). The number of hydrogen-bond acceptors (Lipinski definition) is 3. The van der Waals surface area contributed by atoms with Gasteiger partial charge in [0, 0.05) is 13.2 Å². The minimum atomic E-state index is -0.699. The van der Waals surface area contributed by atoms with Crippen LogP contribution in [-0.2, 0) is 14.9 Å². The van der Waals surface area contributed by atoms with Gasteiger partial charge in [-0.05, 0) is 23.5 Å². The molecule has 4 heteroatoms. The molecule has 0 saturated carbocycles. The molecule has 0 radical (unpaired) electrons. The van der Waals surface area contributed by atoms with Crippen molar-refractivity contribution in [3.63, 3.8) is 0 Å². The number of amides is 1. The zero-order chi connectivity index (χ0) is 15.2. The van der Waals surface area contributed by atoms with E-state index in [9.17, 15) is 9.90 Å². The Labute approximate surface area is 121 Å². The van der Waals surface area contributed by atoms with Crippen molar-refractivity contribution in [3.05, 3.63) is 35.4 Å². The van der Waals surface area contributed by atoms with Gasteiger partial charge >= 0.3 is 0 Å². The van der Waals surface area contributed by atoms with E-state index in [2.05, 4.69) is 26.1 Å². The van der Waals surface area contributed by atoms with Crippen LogP contribution in [0.3, 0.4) is 0 Å². The van der Waals surface area contributed by atoms with Crippen LogP contribution in [0.4, 0.5) is 0 Å². The van der Waals surface area contributed by atoms with E-state index in [1.165, 1.54) is 5.56 Å². The number of carbonyl (C=O) groups excluding carboxylic acids is 1. The largest absolute Gasteiger partial charge is 0.387 e. The van der Waals surface area contributed by atoms with Crippen LogP contribution in [0.5, 0.6) is 0 Å². The lowest BCUT2D eigenvalue weighted by atomic mass is 9.86. The summed E-state index contributed by atoms with van der Waals surface area (Å²) in [7, 11) is 0. The lowest BCUT2D eigenvalue weighted by molar-refractivity contribution is -0.126. The Hall–Kier alpha value is -1.39. The summed E-state index contributed by atoms with van der Waals surface area (Å²) in [5.74, 6) is -0.211. The molecule has 0 fully saturated rings. The second kappa shape index (κ2) is 7.41. The molecule has 0 bridgehead atoms. The predicted molar refractivity (Wildman–Crippen MR) is 79.6 cm³/mol. The van der Waals surface area contributed by atoms with Gasteiger partial charge in [0.05, 0.1) is 6.10 Å². The first-order valence-corrected chi connectivity index (χ1v) is 6.97. The van der Waals surface area contributed by atoms with E-state index in [-0.39, 0.29) is 24.5 Å². The van der Waals surface area contributed by atoms with Gasteiger partial charge in [-0.1, -0.05) is 45.0 Å². The molecule has 1 aromatic rings. The molecule has 0 saturated heterocycles. The maximum absolute atomic E-state index is 11.4. The third-order valence-electron chi connectivity index (χ3n) is 3.09. The molecule has 2 N–H and O–H groups in total. The summed E-state index contributed by atoms with van der Waals surface area (Å²) >= 11 is 0. The standard InChI is InChI=1S/C16H25NO3/c1-5-20-11-15(19)17-10-14(18)12-6-8-13(9-7-12)16(2,3)4/h6-9,14,18H,5,10-11H2,1-4H3,(H,17,19). The van der Waals surface area contributed by atoms with Crippen molar-refractivity contribution in [1.29, 1.82) is 0 Å². The normalized spacial score (nSPS) is 13.1. The fourth-order valence-electron chi connectivity index (χ4n) is 1.78. The van der Waals surface area contributed by atoms with Crippen molar-refractivity contribution >= 4 is 5.91 Å². The summed E-state index contributed by atoms with van der Waals surface area (Å²) < 4.78 is 4.99. The molecular weight excluding hydrogens is 254 g/mol. The number of aliphatic hydroxyl groups excluding tert-OH is 1. The van der Waals surface area contributed by atoms with Crippen LogP contribution in [0.2, 0.25) is 0 Å². The second-order valence-electron chi connectivity index (χ2n) is 5.83. The highest BCUT2D eigenvalue weighted by Gasteiger charge is 2.15. The number of hydrogen-bond donors (Lipinski definition) is 2. The molecule has 0 aliphatic heterocycles. The third-order valence-corrected chi connectivity index (χ3v) is 3.09. The molecule has 0 spiro atoms. The van der Waals surface area contributed by atoms with E-state index >= 15 is 0 Å². The minimum absolute atomic E-state index is 0.0339. The van der Waals surface area contributed by atoms with Crippen molar-refractivity contribution in [2.75, 3.05) is 19.8 Å². The van der Waals surface area contributed by atoms with Gasteiger partial charge in [0.25, 0.3) is 0 Å². The third kappa shape index (κ3) is 5.31. The van der Waals surface area contributed by atoms with Crippen molar-refractivity contribution in [2.45, 2.75) is 39.2 Å². The highest BCUT2D eigenvalue weighted by Crippen LogP contribution is 2.23. The lowest BCUT2D eigenvalue weighted by Crippen LogP contribution is -2.31. The molecular formula is C16H25NO3. The maximum atomic E-state index is 11.4. The number of nitrogens with one attached hydrogen (secondary N) is 1. The molecule has 1 amide bonds. The van der Waals surface area contributed by atoms with Crippen LogP contribution < -0.4 is 5.32 Å². The fraction of sp³-hybridized carbons (Fsp3) is 0.562. The molecule has 1 unspecified atom stereocenters. The van der Waals surface area contributed by atoms with E-state index in [4.69, 9.17) is 4.74 Å². The molecule has 4 nitrogen and oxygen atoms in total. The number of benzene rings is 1. The van der Waals surface area contributed by atoms with Crippen molar-refractivity contribution in [3.8, 4) is 0 Å². The molecule has 0 aliphatic carbocycles. The first-order valence-electron chi connectivity index (χ1n) is 6.97. The van der Waals surface area contributed by atoms with Crippen molar-refractivity contribution < 1.29 is 14.6 Å². The van der Waals surface area contributed by atoms with Gasteiger partial charge in [-0.25, -0.2) is 0 Å². The summed E-state index contributed by atoms with van der Waals surface area (Å²) in [6.07, 6.45) is -0.699. The maximum Gasteiger partial charge on any atom is 0.246 e. The van der Waals surface area contributed by atoms with Crippen LogP contribution >= 0.6 is 0 Å². The van der Waals surface area contributed by atoms with Gasteiger partial charge in [-0.3, -0.25) is 4.79 Å². The molecule has 1 aromatic carbocycles. The first-order chi connectivity index (χ1) is 9.34. The molecule has 20 heavy (non-hydrogen) atoms. The smallest absolute Gasteiger partial charge is 0.246 e. The Morgan fingerprint density at radius 3 is 2.40 bits per heavy atom. The SMILES string of the molecule is CCOCC(=O)NCC(O)c1ccc(C(C)(C)C)cc1. The Bertz CT molecular complexity index is 420. The van der Waals surface area contributed by atoms with Crippen LogP contribution in [0, 0.1) is 0 Å². The van der Waals surface area contributed by atoms with Crippen molar-refractivity contribution in [2.24, 2.45) is 0 Å². The van der Waals surface area contributed by atoms with E-state index < -0.39 is 6.10 Å². The first kappa shape index (κ1) is 16.7. The van der Waals surface area contributed by atoms with Gasteiger partial charge < -0.3 is 15.2 Å². The molecule has 1 atom stereocenters. The number of aliphatic hydroxyl groups is 1. The van der Waals surface area contributed by atoms with E-state index in [0.717, 1.165) is 5.56 Å². The quantitative estimate of drug-likeness (QED) is 0.839. The van der Waals surface area contributed by atoms with Crippen LogP contribution in [-0.4, -0.2) is 30.8 Å². The zero-order valence-electron chi connectivity index (χ0n) is 12.8. The van der Waals surface area contributed by atoms with Crippen LogP contribution in [0.1, 0.15) is 44.9 Å². The second-order valence-corrected chi connectivity index (χ2v) is 5.83. The Kier molecular flexibility index (Phi) is 6.17. The summed E-state index contributed by atoms with van der Waals surface area (Å²) in [5, 5.41) is 12.7. The number of carbonyl (C=O) groups is 1. The fourth-order valence-corrected chi connectivity index (χ4v) is 1.78. The molecule has 112 valence electrons. The van der Waals surface area contributed by atoms with Gasteiger partial charge in [-0.2, -0.15) is 0 Å². The Morgan fingerprint density at radius 2 is 1.90 bits per heavy atom. The summed E-state index contributed by atoms with van der Waals surface area (Å²) in [6, 6.07) is 7.83. The van der Waals surface area contributed by atoms with Crippen LogP contribution in [0.15, 0.2) is 24.3 Å². The van der Waals surface area contributed by atoms with Gasteiger partial charge in [0.1, 0.15) is 6.61 Å².